The second-order valence-corrected chi connectivity index (χ2v) is 6.68. The number of anilines is 2. The van der Waals surface area contributed by atoms with Gasteiger partial charge in [-0.2, -0.15) is 13.2 Å². The summed E-state index contributed by atoms with van der Waals surface area (Å²) in [4.78, 5) is 8.94. The molecule has 25 heavy (non-hydrogen) atoms. The summed E-state index contributed by atoms with van der Waals surface area (Å²) in [5, 5.41) is 13.8. The lowest BCUT2D eigenvalue weighted by Gasteiger charge is -2.11. The first-order valence-electron chi connectivity index (χ1n) is 6.57. The molecule has 0 saturated carbocycles. The maximum Gasteiger partial charge on any atom is 0.501 e. The quantitative estimate of drug-likeness (QED) is 0.632. The van der Waals surface area contributed by atoms with Gasteiger partial charge in [0.2, 0.25) is 0 Å². The van der Waals surface area contributed by atoms with Crippen molar-refractivity contribution in [3.05, 3.63) is 52.6 Å². The molecule has 0 bridgehead atoms. The first-order valence-corrected chi connectivity index (χ1v) is 8.05. The molecule has 0 aliphatic rings. The van der Waals surface area contributed by atoms with Gasteiger partial charge in [-0.25, -0.2) is 8.42 Å². The highest BCUT2D eigenvalue weighted by atomic mass is 32.2. The molecule has 0 atom stereocenters. The number of ether oxygens (including phenoxy) is 1. The minimum atomic E-state index is -5.68. The standard InChI is InChI=1S/C14H11F3N2O5S/c1-24-10-4-2-9(3-5-10)18-12-7-6-11(8-13(12)19(20)21)25(22,23)14(15,16)17/h2-8,18H,1H3. The minimum absolute atomic E-state index is 0.156. The molecule has 134 valence electrons. The summed E-state index contributed by atoms with van der Waals surface area (Å²) < 4.78 is 65.5. The van der Waals surface area contributed by atoms with Crippen LogP contribution in [0.5, 0.6) is 5.75 Å². The molecule has 0 fully saturated rings. The highest BCUT2D eigenvalue weighted by molar-refractivity contribution is 7.92. The number of alkyl halides is 3. The van der Waals surface area contributed by atoms with Crippen LogP contribution in [-0.2, 0) is 9.84 Å². The summed E-state index contributed by atoms with van der Waals surface area (Å²) in [5.74, 6) is 0.534. The van der Waals surface area contributed by atoms with Crippen molar-refractivity contribution < 1.29 is 31.2 Å². The number of nitro groups is 1. The molecule has 7 nitrogen and oxygen atoms in total. The Bertz CT molecular complexity index is 896. The SMILES string of the molecule is COc1ccc(Nc2ccc(S(=O)(=O)C(F)(F)F)cc2[N+](=O)[O-])cc1. The molecule has 0 radical (unpaired) electrons. The molecule has 0 amide bonds. The van der Waals surface area contributed by atoms with Gasteiger partial charge in [0.15, 0.2) is 0 Å². The third-order valence-corrected chi connectivity index (χ3v) is 4.63. The number of sulfone groups is 1. The molecule has 0 saturated heterocycles. The lowest BCUT2D eigenvalue weighted by Crippen LogP contribution is -2.23. The Morgan fingerprint density at radius 3 is 2.20 bits per heavy atom. The number of benzene rings is 2. The molecule has 1 N–H and O–H groups in total. The van der Waals surface area contributed by atoms with Crippen molar-refractivity contribution in [2.75, 3.05) is 12.4 Å². The molecular weight excluding hydrogens is 365 g/mol. The van der Waals surface area contributed by atoms with Gasteiger partial charge in [-0.1, -0.05) is 0 Å². The molecular formula is C14H11F3N2O5S. The summed E-state index contributed by atoms with van der Waals surface area (Å²) in [7, 11) is -4.23. The second-order valence-electron chi connectivity index (χ2n) is 4.74. The lowest BCUT2D eigenvalue weighted by molar-refractivity contribution is -0.384. The van der Waals surface area contributed by atoms with Crippen molar-refractivity contribution in [3.8, 4) is 5.75 Å². The Morgan fingerprint density at radius 2 is 1.72 bits per heavy atom. The van der Waals surface area contributed by atoms with Gasteiger partial charge in [0, 0.05) is 11.8 Å². The van der Waals surface area contributed by atoms with Crippen molar-refractivity contribution in [3.63, 3.8) is 0 Å². The Hall–Kier alpha value is -2.82. The van der Waals surface area contributed by atoms with E-state index < -0.39 is 30.9 Å². The Kier molecular flexibility index (Phi) is 4.88. The van der Waals surface area contributed by atoms with Gasteiger partial charge < -0.3 is 10.1 Å². The zero-order valence-corrected chi connectivity index (χ0v) is 13.4. The van der Waals surface area contributed by atoms with Crippen molar-refractivity contribution >= 4 is 26.9 Å². The zero-order chi connectivity index (χ0) is 18.8. The van der Waals surface area contributed by atoms with E-state index in [1.165, 1.54) is 19.2 Å². The fourth-order valence-electron chi connectivity index (χ4n) is 1.90. The van der Waals surface area contributed by atoms with Crippen LogP contribution in [0.1, 0.15) is 0 Å². The van der Waals surface area contributed by atoms with Crippen molar-refractivity contribution in [1.29, 1.82) is 0 Å². The van der Waals surface area contributed by atoms with E-state index in [0.717, 1.165) is 6.07 Å². The van der Waals surface area contributed by atoms with Crippen molar-refractivity contribution in [2.45, 2.75) is 10.4 Å². The molecule has 2 aromatic rings. The third-order valence-electron chi connectivity index (χ3n) is 3.15. The Labute approximate surface area is 140 Å². The topological polar surface area (TPSA) is 98.5 Å². The number of hydrogen-bond acceptors (Lipinski definition) is 6. The van der Waals surface area contributed by atoms with E-state index >= 15 is 0 Å². The van der Waals surface area contributed by atoms with Gasteiger partial charge in [-0.15, -0.1) is 0 Å². The number of nitro benzene ring substituents is 1. The predicted octanol–water partition coefficient (Wildman–Crippen LogP) is 3.64. The van der Waals surface area contributed by atoms with Crippen LogP contribution in [0.2, 0.25) is 0 Å². The largest absolute Gasteiger partial charge is 0.501 e. The first kappa shape index (κ1) is 18.5. The maximum absolute atomic E-state index is 12.6. The van der Waals surface area contributed by atoms with E-state index in [4.69, 9.17) is 4.74 Å². The van der Waals surface area contributed by atoms with Crippen molar-refractivity contribution in [1.82, 2.24) is 0 Å². The number of methoxy groups -OCH3 is 1. The van der Waals surface area contributed by atoms with Gasteiger partial charge >= 0.3 is 5.51 Å². The predicted molar refractivity (Wildman–Crippen MR) is 82.6 cm³/mol. The molecule has 0 aliphatic heterocycles. The Morgan fingerprint density at radius 1 is 1.12 bits per heavy atom. The van der Waals surface area contributed by atoms with Crippen LogP contribution in [-0.4, -0.2) is 26.0 Å². The van der Waals surface area contributed by atoms with Crippen LogP contribution in [0.15, 0.2) is 47.4 Å². The van der Waals surface area contributed by atoms with Crippen LogP contribution >= 0.6 is 0 Å². The second kappa shape index (κ2) is 6.59. The molecule has 0 unspecified atom stereocenters. The van der Waals surface area contributed by atoms with Crippen LogP contribution in [0.3, 0.4) is 0 Å². The molecule has 2 rings (SSSR count). The van der Waals surface area contributed by atoms with Crippen LogP contribution in [0.4, 0.5) is 30.2 Å². The smallest absolute Gasteiger partial charge is 0.497 e. The van der Waals surface area contributed by atoms with Gasteiger partial charge in [0.1, 0.15) is 11.4 Å². The molecule has 0 aliphatic carbocycles. The number of halogens is 3. The van der Waals surface area contributed by atoms with Crippen molar-refractivity contribution in [2.24, 2.45) is 0 Å². The van der Waals surface area contributed by atoms with Crippen LogP contribution in [0, 0.1) is 10.1 Å². The summed E-state index contributed by atoms with van der Waals surface area (Å²) in [5.41, 5.74) is -6.11. The monoisotopic (exact) mass is 376 g/mol. The van der Waals surface area contributed by atoms with E-state index in [9.17, 15) is 31.7 Å². The highest BCUT2D eigenvalue weighted by Crippen LogP contribution is 2.35. The first-order chi connectivity index (χ1) is 11.6. The highest BCUT2D eigenvalue weighted by Gasteiger charge is 2.47. The molecule has 0 spiro atoms. The summed E-state index contributed by atoms with van der Waals surface area (Å²) in [6, 6.07) is 8.12. The number of hydrogen-bond donors (Lipinski definition) is 1. The van der Waals surface area contributed by atoms with E-state index in [2.05, 4.69) is 5.32 Å². The van der Waals surface area contributed by atoms with E-state index in [1.54, 1.807) is 12.1 Å². The molecule has 0 heterocycles. The van der Waals surface area contributed by atoms with E-state index in [-0.39, 0.29) is 5.69 Å². The lowest BCUT2D eigenvalue weighted by atomic mass is 10.2. The normalized spacial score (nSPS) is 11.8. The maximum atomic E-state index is 12.6. The van der Waals surface area contributed by atoms with Gasteiger partial charge in [0.25, 0.3) is 15.5 Å². The minimum Gasteiger partial charge on any atom is -0.497 e. The number of nitrogens with one attached hydrogen (secondary N) is 1. The zero-order valence-electron chi connectivity index (χ0n) is 12.6. The van der Waals surface area contributed by atoms with Gasteiger partial charge in [-0.3, -0.25) is 10.1 Å². The fraction of sp³-hybridized carbons (Fsp3) is 0.143. The van der Waals surface area contributed by atoms with Gasteiger partial charge in [-0.05, 0) is 36.4 Å². The van der Waals surface area contributed by atoms with Crippen LogP contribution in [0.25, 0.3) is 0 Å². The summed E-state index contributed by atoms with van der Waals surface area (Å²) in [6.07, 6.45) is 0. The number of nitrogens with zero attached hydrogens (tertiary/aromatic N) is 1. The van der Waals surface area contributed by atoms with Gasteiger partial charge in [0.05, 0.1) is 16.9 Å². The van der Waals surface area contributed by atoms with E-state index in [0.29, 0.717) is 23.6 Å². The third kappa shape index (κ3) is 3.82. The fourth-order valence-corrected chi connectivity index (χ4v) is 2.68. The summed E-state index contributed by atoms with van der Waals surface area (Å²) >= 11 is 0. The molecule has 2 aromatic carbocycles. The van der Waals surface area contributed by atoms with Crippen LogP contribution < -0.4 is 10.1 Å². The Balaban J connectivity index is 2.44. The number of rotatable bonds is 5. The average molecular weight is 376 g/mol. The summed E-state index contributed by atoms with van der Waals surface area (Å²) in [6.45, 7) is 0. The molecule has 0 aromatic heterocycles. The van der Waals surface area contributed by atoms with E-state index in [1.807, 2.05) is 0 Å². The average Bonchev–Trinajstić information content (AvgIpc) is 2.54. The molecule has 11 heteroatoms.